The molecule has 3 rings (SSSR count). The molecule has 1 atom stereocenters. The van der Waals surface area contributed by atoms with E-state index in [0.29, 0.717) is 18.4 Å². The molecule has 0 saturated carbocycles. The molecule has 0 bridgehead atoms. The van der Waals surface area contributed by atoms with Crippen LogP contribution < -0.4 is 0 Å². The van der Waals surface area contributed by atoms with E-state index >= 15 is 0 Å². The summed E-state index contributed by atoms with van der Waals surface area (Å²) in [5, 5.41) is 0. The highest BCUT2D eigenvalue weighted by molar-refractivity contribution is 5.80. The van der Waals surface area contributed by atoms with Gasteiger partial charge in [-0.3, -0.25) is 4.79 Å². The fourth-order valence-corrected chi connectivity index (χ4v) is 3.90. The Balaban J connectivity index is 1.61. The number of rotatable bonds is 7. The number of imidazole rings is 2. The third-order valence-corrected chi connectivity index (χ3v) is 5.45. The molecule has 1 saturated heterocycles. The highest BCUT2D eigenvalue weighted by Crippen LogP contribution is 2.28. The van der Waals surface area contributed by atoms with Crippen molar-refractivity contribution in [1.82, 2.24) is 24.0 Å². The summed E-state index contributed by atoms with van der Waals surface area (Å²) in [5.74, 6) is 2.95. The first-order valence-electron chi connectivity index (χ1n) is 9.84. The number of likely N-dealkylation sites (tertiary alicyclic amines) is 1. The van der Waals surface area contributed by atoms with E-state index in [1.165, 1.54) is 0 Å². The molecule has 7 heteroatoms. The number of methoxy groups -OCH3 is 1. The van der Waals surface area contributed by atoms with Crippen molar-refractivity contribution >= 4 is 5.91 Å². The first-order valence-corrected chi connectivity index (χ1v) is 9.84. The molecule has 0 aliphatic carbocycles. The molecule has 1 aliphatic rings. The van der Waals surface area contributed by atoms with E-state index in [1.54, 1.807) is 13.3 Å². The maximum atomic E-state index is 13.0. The largest absolute Gasteiger partial charge is 0.383 e. The second-order valence-electron chi connectivity index (χ2n) is 7.59. The van der Waals surface area contributed by atoms with Crippen molar-refractivity contribution in [1.29, 1.82) is 0 Å². The second-order valence-corrected chi connectivity index (χ2v) is 7.59. The second kappa shape index (κ2) is 8.69. The molecule has 148 valence electrons. The van der Waals surface area contributed by atoms with Gasteiger partial charge < -0.3 is 18.8 Å². The van der Waals surface area contributed by atoms with Gasteiger partial charge in [0, 0.05) is 63.4 Å². The van der Waals surface area contributed by atoms with Crippen molar-refractivity contribution in [2.45, 2.75) is 58.0 Å². The van der Waals surface area contributed by atoms with Crippen molar-refractivity contribution in [2.75, 3.05) is 26.8 Å². The lowest BCUT2D eigenvalue weighted by atomic mass is 9.95. The summed E-state index contributed by atoms with van der Waals surface area (Å²) >= 11 is 0. The van der Waals surface area contributed by atoms with Crippen molar-refractivity contribution in [2.24, 2.45) is 0 Å². The van der Waals surface area contributed by atoms with Crippen LogP contribution in [0.4, 0.5) is 0 Å². The Morgan fingerprint density at radius 1 is 1.19 bits per heavy atom. The molecular weight excluding hydrogens is 342 g/mol. The SMILES string of the molecule is COCCn1ccnc1C1CCN(C(=O)C(C)n2ccnc2C(C)C)CC1. The molecule has 1 unspecified atom stereocenters. The van der Waals surface area contributed by atoms with Gasteiger partial charge in [0.1, 0.15) is 17.7 Å². The first kappa shape index (κ1) is 19.6. The zero-order chi connectivity index (χ0) is 19.4. The minimum absolute atomic E-state index is 0.177. The minimum Gasteiger partial charge on any atom is -0.383 e. The van der Waals surface area contributed by atoms with Gasteiger partial charge in [0.2, 0.25) is 5.91 Å². The van der Waals surface area contributed by atoms with Crippen LogP contribution in [0.5, 0.6) is 0 Å². The van der Waals surface area contributed by atoms with Crippen molar-refractivity contribution in [3.63, 3.8) is 0 Å². The van der Waals surface area contributed by atoms with Gasteiger partial charge in [-0.1, -0.05) is 13.8 Å². The van der Waals surface area contributed by atoms with Gasteiger partial charge in [0.05, 0.1) is 6.61 Å². The number of nitrogens with zero attached hydrogens (tertiary/aromatic N) is 5. The molecule has 2 aromatic heterocycles. The lowest BCUT2D eigenvalue weighted by molar-refractivity contribution is -0.135. The van der Waals surface area contributed by atoms with E-state index in [-0.39, 0.29) is 11.9 Å². The van der Waals surface area contributed by atoms with Crippen LogP contribution in [0.25, 0.3) is 0 Å². The maximum absolute atomic E-state index is 13.0. The molecule has 1 fully saturated rings. The maximum Gasteiger partial charge on any atom is 0.245 e. The van der Waals surface area contributed by atoms with E-state index < -0.39 is 0 Å². The Labute approximate surface area is 161 Å². The van der Waals surface area contributed by atoms with Crippen LogP contribution in [-0.4, -0.2) is 56.7 Å². The van der Waals surface area contributed by atoms with Gasteiger partial charge in [-0.05, 0) is 19.8 Å². The van der Waals surface area contributed by atoms with Crippen LogP contribution in [-0.2, 0) is 16.1 Å². The van der Waals surface area contributed by atoms with Gasteiger partial charge in [0.25, 0.3) is 0 Å². The predicted octanol–water partition coefficient (Wildman–Crippen LogP) is 2.82. The van der Waals surface area contributed by atoms with Crippen LogP contribution in [0.2, 0.25) is 0 Å². The fraction of sp³-hybridized carbons (Fsp3) is 0.650. The minimum atomic E-state index is -0.217. The van der Waals surface area contributed by atoms with Crippen LogP contribution in [0.1, 0.15) is 63.1 Å². The Morgan fingerprint density at radius 3 is 2.56 bits per heavy atom. The Bertz CT molecular complexity index is 743. The first-order chi connectivity index (χ1) is 13.0. The smallest absolute Gasteiger partial charge is 0.245 e. The fourth-order valence-electron chi connectivity index (χ4n) is 3.90. The van der Waals surface area contributed by atoms with Gasteiger partial charge in [-0.2, -0.15) is 0 Å². The molecule has 0 radical (unpaired) electrons. The topological polar surface area (TPSA) is 65.2 Å². The number of ether oxygens (including phenoxy) is 1. The van der Waals surface area contributed by atoms with Gasteiger partial charge >= 0.3 is 0 Å². The summed E-state index contributed by atoms with van der Waals surface area (Å²) in [6.07, 6.45) is 9.47. The molecule has 3 heterocycles. The lowest BCUT2D eigenvalue weighted by Crippen LogP contribution is -2.42. The third kappa shape index (κ3) is 4.24. The summed E-state index contributed by atoms with van der Waals surface area (Å²) < 4.78 is 9.37. The number of piperidine rings is 1. The van der Waals surface area contributed by atoms with Gasteiger partial charge in [0.15, 0.2) is 0 Å². The summed E-state index contributed by atoms with van der Waals surface area (Å²) in [6.45, 7) is 9.23. The molecule has 27 heavy (non-hydrogen) atoms. The van der Waals surface area contributed by atoms with Crippen LogP contribution in [0.3, 0.4) is 0 Å². The van der Waals surface area contributed by atoms with E-state index in [4.69, 9.17) is 4.74 Å². The summed E-state index contributed by atoms with van der Waals surface area (Å²) in [7, 11) is 1.72. The summed E-state index contributed by atoms with van der Waals surface area (Å²) in [6, 6.07) is -0.217. The monoisotopic (exact) mass is 373 g/mol. The van der Waals surface area contributed by atoms with E-state index in [1.807, 2.05) is 35.0 Å². The Morgan fingerprint density at radius 2 is 1.89 bits per heavy atom. The standard InChI is InChI=1S/C20H31N5O2/c1-15(2)18-21-8-12-25(18)16(3)20(26)24-9-5-17(6-10-24)19-22-7-11-23(19)13-14-27-4/h7-8,11-12,15-17H,5-6,9-10,13-14H2,1-4H3. The van der Waals surface area contributed by atoms with Crippen molar-refractivity contribution in [3.05, 3.63) is 36.4 Å². The average Bonchev–Trinajstić information content (AvgIpc) is 3.34. The van der Waals surface area contributed by atoms with E-state index in [2.05, 4.69) is 28.4 Å². The molecule has 0 N–H and O–H groups in total. The number of amides is 1. The highest BCUT2D eigenvalue weighted by Gasteiger charge is 2.30. The van der Waals surface area contributed by atoms with Crippen molar-refractivity contribution < 1.29 is 9.53 Å². The van der Waals surface area contributed by atoms with Crippen LogP contribution >= 0.6 is 0 Å². The number of aromatic nitrogens is 4. The Kier molecular flexibility index (Phi) is 6.31. The zero-order valence-corrected chi connectivity index (χ0v) is 16.8. The summed E-state index contributed by atoms with van der Waals surface area (Å²) in [5.41, 5.74) is 0. The van der Waals surface area contributed by atoms with Gasteiger partial charge in [-0.25, -0.2) is 9.97 Å². The molecular formula is C20H31N5O2. The predicted molar refractivity (Wildman–Crippen MR) is 104 cm³/mol. The van der Waals surface area contributed by atoms with E-state index in [0.717, 1.165) is 44.1 Å². The normalized spacial score (nSPS) is 16.9. The lowest BCUT2D eigenvalue weighted by Gasteiger charge is -2.34. The molecule has 0 aromatic carbocycles. The molecule has 1 aliphatic heterocycles. The quantitative estimate of drug-likeness (QED) is 0.749. The number of hydrogen-bond donors (Lipinski definition) is 0. The molecule has 0 spiro atoms. The number of carbonyl (C=O) groups excluding carboxylic acids is 1. The average molecular weight is 374 g/mol. The highest BCUT2D eigenvalue weighted by atomic mass is 16.5. The number of hydrogen-bond acceptors (Lipinski definition) is 4. The number of carbonyl (C=O) groups is 1. The molecule has 7 nitrogen and oxygen atoms in total. The zero-order valence-electron chi connectivity index (χ0n) is 16.8. The van der Waals surface area contributed by atoms with E-state index in [9.17, 15) is 4.79 Å². The Hall–Kier alpha value is -2.15. The third-order valence-electron chi connectivity index (χ3n) is 5.45. The molecule has 2 aromatic rings. The van der Waals surface area contributed by atoms with Crippen molar-refractivity contribution in [3.8, 4) is 0 Å². The van der Waals surface area contributed by atoms with Gasteiger partial charge in [-0.15, -0.1) is 0 Å². The van der Waals surface area contributed by atoms with Crippen LogP contribution in [0, 0.1) is 0 Å². The molecule has 1 amide bonds. The van der Waals surface area contributed by atoms with Crippen LogP contribution in [0.15, 0.2) is 24.8 Å². The summed E-state index contributed by atoms with van der Waals surface area (Å²) in [4.78, 5) is 24.0.